The Bertz CT molecular complexity index is 296. The third-order valence-electron chi connectivity index (χ3n) is 4.50. The molecule has 1 unspecified atom stereocenters. The Balaban J connectivity index is 1.93. The fourth-order valence-corrected chi connectivity index (χ4v) is 3.17. The normalized spacial score (nSPS) is 24.7. The zero-order valence-corrected chi connectivity index (χ0v) is 12.0. The van der Waals surface area contributed by atoms with E-state index in [4.69, 9.17) is 4.74 Å². The molecule has 0 amide bonds. The van der Waals surface area contributed by atoms with Crippen molar-refractivity contribution in [2.45, 2.75) is 69.9 Å². The zero-order chi connectivity index (χ0) is 13.7. The molecular weight excluding hydrogens is 242 g/mol. The molecule has 2 rings (SSSR count). The minimum absolute atomic E-state index is 0.246. The van der Waals surface area contributed by atoms with Crippen molar-refractivity contribution in [2.24, 2.45) is 5.92 Å². The fourth-order valence-electron chi connectivity index (χ4n) is 3.17. The second-order valence-corrected chi connectivity index (χ2v) is 6.01. The van der Waals surface area contributed by atoms with E-state index in [9.17, 15) is 9.90 Å². The van der Waals surface area contributed by atoms with Crippen LogP contribution < -0.4 is 5.32 Å². The predicted molar refractivity (Wildman–Crippen MR) is 74.2 cm³/mol. The molecule has 0 aromatic rings. The summed E-state index contributed by atoms with van der Waals surface area (Å²) in [4.78, 5) is 11.7. The van der Waals surface area contributed by atoms with E-state index in [1.807, 2.05) is 6.92 Å². The quantitative estimate of drug-likeness (QED) is 0.697. The lowest BCUT2D eigenvalue weighted by atomic mass is 9.94. The minimum Gasteiger partial charge on any atom is -0.480 e. The number of carboxylic acid groups (broad SMARTS) is 1. The monoisotopic (exact) mass is 269 g/mol. The van der Waals surface area contributed by atoms with Crippen LogP contribution in [-0.2, 0) is 9.53 Å². The molecule has 2 aliphatic rings. The van der Waals surface area contributed by atoms with Crippen LogP contribution in [0.2, 0.25) is 0 Å². The van der Waals surface area contributed by atoms with Crippen LogP contribution in [0.4, 0.5) is 0 Å². The van der Waals surface area contributed by atoms with Gasteiger partial charge < -0.3 is 9.84 Å². The molecule has 2 fully saturated rings. The van der Waals surface area contributed by atoms with Crippen molar-refractivity contribution in [1.82, 2.24) is 5.32 Å². The largest absolute Gasteiger partial charge is 0.480 e. The maximum atomic E-state index is 11.7. The van der Waals surface area contributed by atoms with Crippen molar-refractivity contribution >= 4 is 5.97 Å². The molecule has 0 aromatic carbocycles. The summed E-state index contributed by atoms with van der Waals surface area (Å²) in [6, 6.07) is 0. The highest BCUT2D eigenvalue weighted by Gasteiger charge is 2.51. The highest BCUT2D eigenvalue weighted by molar-refractivity contribution is 5.80. The van der Waals surface area contributed by atoms with E-state index in [-0.39, 0.29) is 12.0 Å². The van der Waals surface area contributed by atoms with E-state index in [1.54, 1.807) is 0 Å². The Morgan fingerprint density at radius 2 is 1.84 bits per heavy atom. The van der Waals surface area contributed by atoms with Crippen LogP contribution in [0.1, 0.15) is 58.3 Å². The molecule has 2 N–H and O–H groups in total. The third-order valence-corrected chi connectivity index (χ3v) is 4.50. The van der Waals surface area contributed by atoms with Crippen molar-refractivity contribution in [3.63, 3.8) is 0 Å². The molecule has 4 nitrogen and oxygen atoms in total. The van der Waals surface area contributed by atoms with Crippen molar-refractivity contribution < 1.29 is 14.6 Å². The number of nitrogens with one attached hydrogen (secondary N) is 1. The summed E-state index contributed by atoms with van der Waals surface area (Å²) >= 11 is 0. The summed E-state index contributed by atoms with van der Waals surface area (Å²) in [5.74, 6) is -0.499. The second-order valence-electron chi connectivity index (χ2n) is 6.01. The van der Waals surface area contributed by atoms with Gasteiger partial charge in [-0.25, -0.2) is 0 Å². The first-order valence-electron chi connectivity index (χ1n) is 7.79. The first-order chi connectivity index (χ1) is 9.19. The molecule has 0 radical (unpaired) electrons. The maximum absolute atomic E-state index is 11.7. The molecule has 1 atom stereocenters. The summed E-state index contributed by atoms with van der Waals surface area (Å²) in [5.41, 5.74) is -0.846. The molecule has 19 heavy (non-hydrogen) atoms. The van der Waals surface area contributed by atoms with Gasteiger partial charge in [-0.2, -0.15) is 0 Å². The molecule has 0 saturated heterocycles. The van der Waals surface area contributed by atoms with Gasteiger partial charge in [-0.1, -0.05) is 32.6 Å². The Hall–Kier alpha value is -0.610. The molecule has 0 bridgehead atoms. The lowest BCUT2D eigenvalue weighted by Crippen LogP contribution is -2.58. The van der Waals surface area contributed by atoms with Gasteiger partial charge in [-0.15, -0.1) is 0 Å². The van der Waals surface area contributed by atoms with Crippen LogP contribution in [0, 0.1) is 5.92 Å². The average molecular weight is 269 g/mol. The van der Waals surface area contributed by atoms with Crippen LogP contribution in [0.15, 0.2) is 0 Å². The van der Waals surface area contributed by atoms with E-state index >= 15 is 0 Å². The number of likely N-dealkylation sites (N-methyl/N-ethyl adjacent to an activating group) is 1. The molecule has 2 saturated carbocycles. The van der Waals surface area contributed by atoms with Gasteiger partial charge in [0, 0.05) is 0 Å². The first kappa shape index (κ1) is 14.8. The number of hydrogen-bond acceptors (Lipinski definition) is 3. The molecule has 0 heterocycles. The first-order valence-corrected chi connectivity index (χ1v) is 7.79. The Kier molecular flexibility index (Phi) is 5.22. The van der Waals surface area contributed by atoms with E-state index < -0.39 is 11.5 Å². The van der Waals surface area contributed by atoms with Gasteiger partial charge in [0.25, 0.3) is 0 Å². The maximum Gasteiger partial charge on any atom is 0.326 e. The number of rotatable bonds is 7. The Morgan fingerprint density at radius 3 is 2.32 bits per heavy atom. The molecule has 0 aromatic heterocycles. The van der Waals surface area contributed by atoms with Crippen LogP contribution >= 0.6 is 0 Å². The summed E-state index contributed by atoms with van der Waals surface area (Å²) < 4.78 is 6.00. The van der Waals surface area contributed by atoms with Crippen LogP contribution in [0.3, 0.4) is 0 Å². The SMILES string of the molecule is CCNC(COC1CCCCCC1)(C(=O)O)C1CC1. The van der Waals surface area contributed by atoms with Gasteiger partial charge in [-0.3, -0.25) is 10.1 Å². The number of ether oxygens (including phenoxy) is 1. The van der Waals surface area contributed by atoms with Gasteiger partial charge in [-0.05, 0) is 38.1 Å². The van der Waals surface area contributed by atoms with Crippen molar-refractivity contribution in [2.75, 3.05) is 13.2 Å². The molecule has 2 aliphatic carbocycles. The summed E-state index contributed by atoms with van der Waals surface area (Å²) in [6.07, 6.45) is 9.47. The van der Waals surface area contributed by atoms with Gasteiger partial charge >= 0.3 is 5.97 Å². The van der Waals surface area contributed by atoms with Crippen molar-refractivity contribution in [1.29, 1.82) is 0 Å². The van der Waals surface area contributed by atoms with Crippen LogP contribution in [0.25, 0.3) is 0 Å². The second kappa shape index (κ2) is 6.71. The lowest BCUT2D eigenvalue weighted by Gasteiger charge is -2.32. The van der Waals surface area contributed by atoms with Crippen molar-refractivity contribution in [3.8, 4) is 0 Å². The van der Waals surface area contributed by atoms with Crippen LogP contribution in [0.5, 0.6) is 0 Å². The lowest BCUT2D eigenvalue weighted by molar-refractivity contribution is -0.150. The van der Waals surface area contributed by atoms with E-state index in [0.717, 1.165) is 25.7 Å². The highest BCUT2D eigenvalue weighted by atomic mass is 16.5. The van der Waals surface area contributed by atoms with Crippen molar-refractivity contribution in [3.05, 3.63) is 0 Å². The van der Waals surface area contributed by atoms with Gasteiger partial charge in [0.05, 0.1) is 12.7 Å². The predicted octanol–water partition coefficient (Wildman–Crippen LogP) is 2.57. The molecule has 0 spiro atoms. The van der Waals surface area contributed by atoms with E-state index in [1.165, 1.54) is 25.7 Å². The smallest absolute Gasteiger partial charge is 0.326 e. The summed E-state index contributed by atoms with van der Waals surface area (Å²) in [6.45, 7) is 2.97. The van der Waals surface area contributed by atoms with Gasteiger partial charge in [0.15, 0.2) is 0 Å². The van der Waals surface area contributed by atoms with E-state index in [2.05, 4.69) is 5.32 Å². The zero-order valence-electron chi connectivity index (χ0n) is 12.0. The van der Waals surface area contributed by atoms with Gasteiger partial charge in [0.2, 0.25) is 0 Å². The summed E-state index contributed by atoms with van der Waals surface area (Å²) in [5, 5.41) is 12.8. The topological polar surface area (TPSA) is 58.6 Å². The Labute approximate surface area is 115 Å². The van der Waals surface area contributed by atoms with Gasteiger partial charge in [0.1, 0.15) is 5.54 Å². The molecule has 0 aliphatic heterocycles. The molecule has 110 valence electrons. The molecular formula is C15H27NO3. The standard InChI is InChI=1S/C15H27NO3/c1-2-16-15(14(17)18,12-9-10-12)11-19-13-7-5-3-4-6-8-13/h12-13,16H,2-11H2,1H3,(H,17,18). The highest BCUT2D eigenvalue weighted by Crippen LogP contribution is 2.40. The number of carbonyl (C=O) groups is 1. The number of aliphatic carboxylic acids is 1. The average Bonchev–Trinajstić information content (AvgIpc) is 3.21. The third kappa shape index (κ3) is 3.69. The number of hydrogen-bond donors (Lipinski definition) is 2. The number of carboxylic acids is 1. The van der Waals surface area contributed by atoms with Crippen LogP contribution in [-0.4, -0.2) is 35.9 Å². The summed E-state index contributed by atoms with van der Waals surface area (Å²) in [7, 11) is 0. The fraction of sp³-hybridized carbons (Fsp3) is 0.933. The van der Waals surface area contributed by atoms with E-state index in [0.29, 0.717) is 13.2 Å². The minimum atomic E-state index is -0.846. The Morgan fingerprint density at radius 1 is 1.21 bits per heavy atom. The molecule has 4 heteroatoms.